The maximum Gasteiger partial charge on any atom is 0.309 e. The second-order valence-corrected chi connectivity index (χ2v) is 4.48. The van der Waals surface area contributed by atoms with E-state index in [1.807, 2.05) is 13.0 Å². The van der Waals surface area contributed by atoms with Crippen LogP contribution in [-0.2, 0) is 4.79 Å². The van der Waals surface area contributed by atoms with Crippen molar-refractivity contribution >= 4 is 5.97 Å². The van der Waals surface area contributed by atoms with Gasteiger partial charge in [0.15, 0.2) is 0 Å². The molecule has 1 saturated carbocycles. The van der Waals surface area contributed by atoms with Crippen LogP contribution in [0, 0.1) is 17.8 Å². The Bertz CT molecular complexity index is 284. The number of hydrogen-bond donors (Lipinski definition) is 2. The molecule has 3 heteroatoms. The number of aliphatic carboxylic acids is 1. The van der Waals surface area contributed by atoms with Crippen molar-refractivity contribution in [2.45, 2.75) is 31.8 Å². The zero-order valence-electron chi connectivity index (χ0n) is 8.31. The van der Waals surface area contributed by atoms with Crippen LogP contribution in [-0.4, -0.2) is 21.8 Å². The zero-order valence-corrected chi connectivity index (χ0v) is 8.31. The number of rotatable bonds is 3. The van der Waals surface area contributed by atoms with E-state index in [1.165, 1.54) is 0 Å². The van der Waals surface area contributed by atoms with Crippen molar-refractivity contribution in [2.75, 3.05) is 0 Å². The minimum absolute atomic E-state index is 0.0635. The van der Waals surface area contributed by atoms with Gasteiger partial charge in [-0.25, -0.2) is 0 Å². The quantitative estimate of drug-likeness (QED) is 0.671. The van der Waals surface area contributed by atoms with Gasteiger partial charge in [0.2, 0.25) is 0 Å². The lowest BCUT2D eigenvalue weighted by molar-refractivity contribution is -0.154. The van der Waals surface area contributed by atoms with Crippen molar-refractivity contribution in [2.24, 2.45) is 17.8 Å². The summed E-state index contributed by atoms with van der Waals surface area (Å²) < 4.78 is 0. The van der Waals surface area contributed by atoms with Crippen LogP contribution in [0.25, 0.3) is 0 Å². The molecule has 0 aromatic heterocycles. The lowest BCUT2D eigenvalue weighted by atomic mass is 9.76. The van der Waals surface area contributed by atoms with Gasteiger partial charge in [-0.1, -0.05) is 19.1 Å². The Morgan fingerprint density at radius 1 is 1.64 bits per heavy atom. The largest absolute Gasteiger partial charge is 0.481 e. The number of carboxylic acids is 1. The van der Waals surface area contributed by atoms with Crippen LogP contribution >= 0.6 is 0 Å². The molecule has 0 saturated heterocycles. The van der Waals surface area contributed by atoms with Crippen LogP contribution in [0.1, 0.15) is 26.2 Å². The molecule has 0 radical (unpaired) electrons. The second kappa shape index (κ2) is 3.09. The second-order valence-electron chi connectivity index (χ2n) is 4.48. The molecule has 0 aromatic rings. The predicted molar refractivity (Wildman–Crippen MR) is 51.7 cm³/mol. The van der Waals surface area contributed by atoms with Crippen LogP contribution in [0.4, 0.5) is 0 Å². The van der Waals surface area contributed by atoms with E-state index in [4.69, 9.17) is 5.11 Å². The molecule has 0 aromatic carbocycles. The lowest BCUT2D eigenvalue weighted by Gasteiger charge is -2.34. The maximum atomic E-state index is 11.0. The minimum atomic E-state index is -0.986. The molecule has 2 N–H and O–H groups in total. The molecule has 0 amide bonds. The molecule has 4 atom stereocenters. The van der Waals surface area contributed by atoms with Crippen molar-refractivity contribution in [3.05, 3.63) is 12.2 Å². The highest BCUT2D eigenvalue weighted by Crippen LogP contribution is 2.50. The molecule has 2 rings (SSSR count). The standard InChI is InChI=1S/C11H16O3/c1-2-9(10(12)13)11(14)6-7-3-4-8(11)5-7/h3-4,7-9,14H,2,5-6H2,1H3,(H,12,13). The molecule has 14 heavy (non-hydrogen) atoms. The fourth-order valence-electron chi connectivity index (χ4n) is 3.01. The minimum Gasteiger partial charge on any atom is -0.481 e. The lowest BCUT2D eigenvalue weighted by Crippen LogP contribution is -2.45. The molecular weight excluding hydrogens is 180 g/mol. The normalized spacial score (nSPS) is 41.6. The fraction of sp³-hybridized carbons (Fsp3) is 0.727. The van der Waals surface area contributed by atoms with Crippen LogP contribution in [0.3, 0.4) is 0 Å². The van der Waals surface area contributed by atoms with Gasteiger partial charge < -0.3 is 10.2 Å². The Hall–Kier alpha value is -0.830. The molecule has 0 spiro atoms. The summed E-state index contributed by atoms with van der Waals surface area (Å²) >= 11 is 0. The molecule has 1 fully saturated rings. The maximum absolute atomic E-state index is 11.0. The molecule has 2 aliphatic rings. The van der Waals surface area contributed by atoms with Gasteiger partial charge in [-0.15, -0.1) is 0 Å². The van der Waals surface area contributed by atoms with Gasteiger partial charge in [-0.3, -0.25) is 4.79 Å². The van der Waals surface area contributed by atoms with E-state index in [0.29, 0.717) is 18.8 Å². The topological polar surface area (TPSA) is 57.5 Å². The van der Waals surface area contributed by atoms with Crippen molar-refractivity contribution < 1.29 is 15.0 Å². The number of carbonyl (C=O) groups is 1. The van der Waals surface area contributed by atoms with Gasteiger partial charge in [-0.05, 0) is 25.2 Å². The van der Waals surface area contributed by atoms with Crippen molar-refractivity contribution in [3.63, 3.8) is 0 Å². The van der Waals surface area contributed by atoms with Crippen LogP contribution in [0.2, 0.25) is 0 Å². The van der Waals surface area contributed by atoms with E-state index in [0.717, 1.165) is 6.42 Å². The number of allylic oxidation sites excluding steroid dienone is 1. The van der Waals surface area contributed by atoms with Crippen molar-refractivity contribution in [3.8, 4) is 0 Å². The first-order valence-corrected chi connectivity index (χ1v) is 5.21. The summed E-state index contributed by atoms with van der Waals surface area (Å²) in [6.45, 7) is 1.83. The van der Waals surface area contributed by atoms with Crippen LogP contribution in [0.5, 0.6) is 0 Å². The van der Waals surface area contributed by atoms with Crippen LogP contribution in [0.15, 0.2) is 12.2 Å². The summed E-state index contributed by atoms with van der Waals surface area (Å²) in [6, 6.07) is 0. The SMILES string of the molecule is CCC(C(=O)O)C1(O)CC2C=CC1C2. The summed E-state index contributed by atoms with van der Waals surface area (Å²) in [4.78, 5) is 11.0. The number of aliphatic hydroxyl groups is 1. The molecule has 2 bridgehead atoms. The highest BCUT2D eigenvalue weighted by atomic mass is 16.4. The average Bonchev–Trinajstić information content (AvgIpc) is 2.63. The predicted octanol–water partition coefficient (Wildman–Crippen LogP) is 1.42. The van der Waals surface area contributed by atoms with Crippen molar-refractivity contribution in [1.29, 1.82) is 0 Å². The zero-order chi connectivity index (χ0) is 10.3. The third kappa shape index (κ3) is 1.19. The third-order valence-corrected chi connectivity index (χ3v) is 3.71. The summed E-state index contributed by atoms with van der Waals surface area (Å²) in [6.07, 6.45) is 6.15. The summed E-state index contributed by atoms with van der Waals surface area (Å²) in [5.41, 5.74) is -0.986. The Balaban J connectivity index is 2.24. The highest BCUT2D eigenvalue weighted by Gasteiger charge is 2.53. The number of hydrogen-bond acceptors (Lipinski definition) is 2. The van der Waals surface area contributed by atoms with Gasteiger partial charge in [0.1, 0.15) is 0 Å². The van der Waals surface area contributed by atoms with E-state index < -0.39 is 17.5 Å². The third-order valence-electron chi connectivity index (χ3n) is 3.71. The number of fused-ring (bicyclic) bond motifs is 2. The molecule has 3 nitrogen and oxygen atoms in total. The number of carboxylic acid groups (broad SMARTS) is 1. The van der Waals surface area contributed by atoms with Gasteiger partial charge in [-0.2, -0.15) is 0 Å². The molecule has 0 aliphatic heterocycles. The van der Waals surface area contributed by atoms with Crippen LogP contribution < -0.4 is 0 Å². The fourth-order valence-corrected chi connectivity index (χ4v) is 3.01. The Morgan fingerprint density at radius 3 is 2.71 bits per heavy atom. The summed E-state index contributed by atoms with van der Waals surface area (Å²) in [5, 5.41) is 19.4. The highest BCUT2D eigenvalue weighted by molar-refractivity contribution is 5.72. The molecule has 4 unspecified atom stereocenters. The Morgan fingerprint density at radius 2 is 2.36 bits per heavy atom. The first-order valence-electron chi connectivity index (χ1n) is 5.21. The molecule has 0 heterocycles. The van der Waals surface area contributed by atoms with E-state index in [-0.39, 0.29) is 5.92 Å². The van der Waals surface area contributed by atoms with Gasteiger partial charge in [0.25, 0.3) is 0 Å². The Kier molecular flexibility index (Phi) is 2.14. The van der Waals surface area contributed by atoms with Gasteiger partial charge >= 0.3 is 5.97 Å². The van der Waals surface area contributed by atoms with Gasteiger partial charge in [0, 0.05) is 5.92 Å². The van der Waals surface area contributed by atoms with E-state index >= 15 is 0 Å². The smallest absolute Gasteiger partial charge is 0.309 e. The Labute approximate surface area is 83.4 Å². The molecule has 78 valence electrons. The molecule has 2 aliphatic carbocycles. The summed E-state index contributed by atoms with van der Waals surface area (Å²) in [5.74, 6) is -1.01. The van der Waals surface area contributed by atoms with Crippen molar-refractivity contribution in [1.82, 2.24) is 0 Å². The van der Waals surface area contributed by atoms with Gasteiger partial charge in [0.05, 0.1) is 11.5 Å². The molecular formula is C11H16O3. The monoisotopic (exact) mass is 196 g/mol. The average molecular weight is 196 g/mol. The first-order chi connectivity index (χ1) is 6.58. The first kappa shape index (κ1) is 9.71. The summed E-state index contributed by atoms with van der Waals surface area (Å²) in [7, 11) is 0. The van der Waals surface area contributed by atoms with E-state index in [9.17, 15) is 9.90 Å². The van der Waals surface area contributed by atoms with E-state index in [2.05, 4.69) is 6.08 Å². The van der Waals surface area contributed by atoms with E-state index in [1.54, 1.807) is 0 Å².